The van der Waals surface area contributed by atoms with Crippen LogP contribution in [0.2, 0.25) is 0 Å². The molecule has 1 heterocycles. The van der Waals surface area contributed by atoms with E-state index in [4.69, 9.17) is 4.52 Å². The number of aryl methyl sites for hydroxylation is 1. The fraction of sp³-hybridized carbons (Fsp3) is 0.0625. The zero-order chi connectivity index (χ0) is 14.8. The van der Waals surface area contributed by atoms with Crippen LogP contribution in [0, 0.1) is 10.1 Å². The Hall–Kier alpha value is -2.95. The Morgan fingerprint density at radius 1 is 1.00 bits per heavy atom. The van der Waals surface area contributed by atoms with Crippen molar-refractivity contribution < 1.29 is 14.2 Å². The van der Waals surface area contributed by atoms with Crippen LogP contribution in [0.25, 0.3) is 22.6 Å². The Kier molecular flexibility index (Phi) is 3.23. The molecule has 0 aliphatic carbocycles. The maximum atomic E-state index is 10.7. The summed E-state index contributed by atoms with van der Waals surface area (Å²) in [6.07, 6.45) is 0. The fourth-order valence-electron chi connectivity index (χ4n) is 2.20. The van der Waals surface area contributed by atoms with Gasteiger partial charge < -0.3 is 0 Å². The molecule has 104 valence electrons. The molecule has 2 aromatic carbocycles. The Balaban J connectivity index is 2.00. The van der Waals surface area contributed by atoms with Gasteiger partial charge >= 0.3 is 0 Å². The van der Waals surface area contributed by atoms with E-state index < -0.39 is 4.92 Å². The number of nitro benzene ring substituents is 1. The van der Waals surface area contributed by atoms with Crippen molar-refractivity contribution in [1.29, 1.82) is 0 Å². The van der Waals surface area contributed by atoms with E-state index >= 15 is 0 Å². The lowest BCUT2D eigenvalue weighted by molar-refractivity contribution is -0.834. The first-order chi connectivity index (χ1) is 10.1. The van der Waals surface area contributed by atoms with Crippen molar-refractivity contribution in [3.63, 3.8) is 0 Å². The van der Waals surface area contributed by atoms with Gasteiger partial charge in [0.1, 0.15) is 0 Å². The summed E-state index contributed by atoms with van der Waals surface area (Å²) in [6, 6.07) is 18.1. The monoisotopic (exact) mass is 281 g/mol. The Morgan fingerprint density at radius 2 is 1.67 bits per heavy atom. The molecule has 0 bridgehead atoms. The molecule has 0 fully saturated rings. The van der Waals surface area contributed by atoms with Gasteiger partial charge in [-0.1, -0.05) is 30.3 Å². The Morgan fingerprint density at radius 3 is 2.29 bits per heavy atom. The minimum Gasteiger partial charge on any atom is -0.258 e. The summed E-state index contributed by atoms with van der Waals surface area (Å²) < 4.78 is 7.37. The minimum absolute atomic E-state index is 0.0770. The highest BCUT2D eigenvalue weighted by molar-refractivity contribution is 5.65. The molecule has 0 saturated heterocycles. The van der Waals surface area contributed by atoms with Crippen molar-refractivity contribution >= 4 is 5.69 Å². The molecule has 0 spiro atoms. The quantitative estimate of drug-likeness (QED) is 0.420. The van der Waals surface area contributed by atoms with Gasteiger partial charge in [0.05, 0.1) is 16.6 Å². The van der Waals surface area contributed by atoms with Crippen molar-refractivity contribution in [2.24, 2.45) is 7.05 Å². The molecule has 0 unspecified atom stereocenters. The highest BCUT2D eigenvalue weighted by atomic mass is 16.6. The van der Waals surface area contributed by atoms with E-state index in [1.807, 2.05) is 43.4 Å². The van der Waals surface area contributed by atoms with Crippen molar-refractivity contribution in [2.75, 3.05) is 0 Å². The SMILES string of the molecule is C[n+]1oc(-c2ccccc2)cc1-c1ccc([N+](=O)[O-])cc1. The molecule has 0 N–H and O–H groups in total. The lowest BCUT2D eigenvalue weighted by Gasteiger charge is -1.93. The number of rotatable bonds is 3. The summed E-state index contributed by atoms with van der Waals surface area (Å²) >= 11 is 0. The smallest absolute Gasteiger partial charge is 0.258 e. The third-order valence-corrected chi connectivity index (χ3v) is 3.27. The predicted octanol–water partition coefficient (Wildman–Crippen LogP) is 3.35. The summed E-state index contributed by atoms with van der Waals surface area (Å²) in [5.74, 6) is 0.756. The minimum atomic E-state index is -0.408. The molecule has 1 aromatic heterocycles. The van der Waals surface area contributed by atoms with Crippen LogP contribution in [-0.4, -0.2) is 4.92 Å². The first kappa shape index (κ1) is 13.1. The van der Waals surface area contributed by atoms with Gasteiger partial charge in [0.15, 0.2) is 7.05 Å². The first-order valence-electron chi connectivity index (χ1n) is 6.46. The van der Waals surface area contributed by atoms with Crippen LogP contribution in [0.5, 0.6) is 0 Å². The normalized spacial score (nSPS) is 10.5. The van der Waals surface area contributed by atoms with Gasteiger partial charge in [0.25, 0.3) is 11.4 Å². The van der Waals surface area contributed by atoms with E-state index in [-0.39, 0.29) is 5.69 Å². The van der Waals surface area contributed by atoms with Gasteiger partial charge in [-0.05, 0) is 16.9 Å². The molecule has 0 atom stereocenters. The average molecular weight is 281 g/mol. The number of hydrogen-bond donors (Lipinski definition) is 0. The molecule has 0 saturated carbocycles. The summed E-state index contributed by atoms with van der Waals surface area (Å²) in [6.45, 7) is 0. The molecule has 0 amide bonds. The number of aromatic nitrogens is 1. The van der Waals surface area contributed by atoms with Crippen LogP contribution in [0.1, 0.15) is 0 Å². The molecule has 0 radical (unpaired) electrons. The van der Waals surface area contributed by atoms with Gasteiger partial charge in [-0.25, -0.2) is 4.52 Å². The zero-order valence-electron chi connectivity index (χ0n) is 11.4. The molecule has 3 aromatic rings. The molecule has 0 aliphatic heterocycles. The molecule has 21 heavy (non-hydrogen) atoms. The molecule has 0 aliphatic rings. The number of hydrogen-bond acceptors (Lipinski definition) is 3. The topological polar surface area (TPSA) is 60.2 Å². The fourth-order valence-corrected chi connectivity index (χ4v) is 2.20. The second-order valence-electron chi connectivity index (χ2n) is 4.65. The second-order valence-corrected chi connectivity index (χ2v) is 4.65. The molecular weight excluding hydrogens is 268 g/mol. The Labute approximate surface area is 121 Å². The Bertz CT molecular complexity index is 777. The highest BCUT2D eigenvalue weighted by Crippen LogP contribution is 2.25. The van der Waals surface area contributed by atoms with Crippen LogP contribution < -0.4 is 4.74 Å². The standard InChI is InChI=1S/C16H13N2O3/c1-17-15(12-7-9-14(10-8-12)18(19)20)11-16(21-17)13-5-3-2-4-6-13/h2-11H,1H3/q+1. The van der Waals surface area contributed by atoms with Gasteiger partial charge in [-0.2, -0.15) is 0 Å². The van der Waals surface area contributed by atoms with E-state index in [9.17, 15) is 10.1 Å². The highest BCUT2D eigenvalue weighted by Gasteiger charge is 2.19. The summed E-state index contributed by atoms with van der Waals surface area (Å²) in [5.41, 5.74) is 2.80. The summed E-state index contributed by atoms with van der Waals surface area (Å²) in [4.78, 5) is 10.3. The maximum Gasteiger partial charge on any atom is 0.269 e. The van der Waals surface area contributed by atoms with Gasteiger partial charge in [0.2, 0.25) is 5.76 Å². The molecule has 5 nitrogen and oxygen atoms in total. The van der Waals surface area contributed by atoms with Crippen molar-refractivity contribution in [1.82, 2.24) is 0 Å². The number of benzene rings is 2. The third-order valence-electron chi connectivity index (χ3n) is 3.27. The van der Waals surface area contributed by atoms with E-state index in [2.05, 4.69) is 0 Å². The molecule has 3 rings (SSSR count). The van der Waals surface area contributed by atoms with Gasteiger partial charge in [0, 0.05) is 17.7 Å². The van der Waals surface area contributed by atoms with Crippen molar-refractivity contribution in [2.45, 2.75) is 0 Å². The van der Waals surface area contributed by atoms with Crippen LogP contribution in [0.3, 0.4) is 0 Å². The summed E-state index contributed by atoms with van der Waals surface area (Å²) in [7, 11) is 1.81. The van der Waals surface area contributed by atoms with Crippen LogP contribution in [0.4, 0.5) is 5.69 Å². The van der Waals surface area contributed by atoms with E-state index in [0.717, 1.165) is 22.6 Å². The maximum absolute atomic E-state index is 10.7. The largest absolute Gasteiger partial charge is 0.269 e. The number of nitro groups is 1. The molecule has 5 heteroatoms. The van der Waals surface area contributed by atoms with Crippen LogP contribution >= 0.6 is 0 Å². The van der Waals surface area contributed by atoms with Gasteiger partial charge in [-0.3, -0.25) is 10.1 Å². The second kappa shape index (κ2) is 5.20. The summed E-state index contributed by atoms with van der Waals surface area (Å²) in [5, 5.41) is 10.7. The van der Waals surface area contributed by atoms with Crippen molar-refractivity contribution in [3.8, 4) is 22.6 Å². The van der Waals surface area contributed by atoms with Crippen LogP contribution in [-0.2, 0) is 7.05 Å². The lowest BCUT2D eigenvalue weighted by Crippen LogP contribution is -2.26. The van der Waals surface area contributed by atoms with E-state index in [1.54, 1.807) is 16.9 Å². The third kappa shape index (κ3) is 2.53. The van der Waals surface area contributed by atoms with Crippen LogP contribution in [0.15, 0.2) is 65.2 Å². The average Bonchev–Trinajstić information content (AvgIpc) is 2.90. The first-order valence-corrected chi connectivity index (χ1v) is 6.46. The molecular formula is C16H13N2O3+. The van der Waals surface area contributed by atoms with Crippen molar-refractivity contribution in [3.05, 3.63) is 70.8 Å². The lowest BCUT2D eigenvalue weighted by atomic mass is 10.1. The number of non-ortho nitro benzene ring substituents is 1. The zero-order valence-corrected chi connectivity index (χ0v) is 11.4. The number of nitrogens with zero attached hydrogens (tertiary/aromatic N) is 2. The predicted molar refractivity (Wildman–Crippen MR) is 77.4 cm³/mol. The van der Waals surface area contributed by atoms with E-state index in [1.165, 1.54) is 12.1 Å². The van der Waals surface area contributed by atoms with E-state index in [0.29, 0.717) is 0 Å². The van der Waals surface area contributed by atoms with Gasteiger partial charge in [-0.15, -0.1) is 0 Å².